The fourth-order valence-electron chi connectivity index (χ4n) is 6.95. The summed E-state index contributed by atoms with van der Waals surface area (Å²) in [6, 6.07) is 34.8. The summed E-state index contributed by atoms with van der Waals surface area (Å²) < 4.78 is 5.80. The highest BCUT2D eigenvalue weighted by molar-refractivity contribution is 7.09. The van der Waals surface area contributed by atoms with Crippen molar-refractivity contribution in [1.29, 1.82) is 0 Å². The maximum absolute atomic E-state index is 14.5. The highest BCUT2D eigenvalue weighted by Gasteiger charge is 2.33. The average Bonchev–Trinajstić information content (AvgIpc) is 3.75. The van der Waals surface area contributed by atoms with Gasteiger partial charge in [-0.1, -0.05) is 103 Å². The Bertz CT molecular complexity index is 2180. The van der Waals surface area contributed by atoms with Crippen LogP contribution < -0.4 is 20.7 Å². The molecule has 0 unspecified atom stereocenters. The second kappa shape index (κ2) is 20.1. The Balaban J connectivity index is 1.35. The average molecular weight is 800 g/mol. The van der Waals surface area contributed by atoms with Crippen LogP contribution in [0, 0.1) is 11.8 Å². The van der Waals surface area contributed by atoms with Crippen LogP contribution in [0.3, 0.4) is 0 Å². The lowest BCUT2D eigenvalue weighted by Crippen LogP contribution is -2.54. The third kappa shape index (κ3) is 12.1. The van der Waals surface area contributed by atoms with E-state index in [9.17, 15) is 33.9 Å². The third-order valence-corrected chi connectivity index (χ3v) is 10.9. The predicted molar refractivity (Wildman–Crippen MR) is 220 cm³/mol. The van der Waals surface area contributed by atoms with Crippen LogP contribution in [0.15, 0.2) is 127 Å². The van der Waals surface area contributed by atoms with Crippen LogP contribution in [-0.2, 0) is 54.5 Å². The number of aliphatic carboxylic acids is 1. The minimum Gasteiger partial charge on any atom is -0.486 e. The number of thiophene rings is 1. The largest absolute Gasteiger partial charge is 0.486 e. The monoisotopic (exact) mass is 799 g/mol. The van der Waals surface area contributed by atoms with Gasteiger partial charge in [-0.25, -0.2) is 0 Å². The summed E-state index contributed by atoms with van der Waals surface area (Å²) in [6.07, 6.45) is 0.0920. The van der Waals surface area contributed by atoms with Crippen molar-refractivity contribution in [2.24, 2.45) is 11.8 Å². The second-order valence-electron chi connectivity index (χ2n) is 14.4. The zero-order chi connectivity index (χ0) is 40.9. The standard InChI is InChI=1S/C46H45N3O8S/c50-37-25-36(26-39-12-7-21-58-39)45(55)49-41(24-32-13-17-34(18-14-32)33-10-5-2-6-11-33)46(56)48-40(23-30-8-3-1-4-9-30)42(51)27-35(44(54)47-28-43(52)53)22-31-15-19-38(20-16-31)57-29-37/h1-21,35-36,40-41H,22-29H2,(H,47,54)(H,48,56)(H,49,55)(H,52,53)/t35-,36+,40+,41-/m1/s1. The van der Waals surface area contributed by atoms with Crippen molar-refractivity contribution in [2.75, 3.05) is 13.2 Å². The van der Waals surface area contributed by atoms with Gasteiger partial charge in [0, 0.05) is 36.0 Å². The number of fused-ring (bicyclic) bond motifs is 16. The predicted octanol–water partition coefficient (Wildman–Crippen LogP) is 5.40. The molecule has 0 spiro atoms. The van der Waals surface area contributed by atoms with Crippen LogP contribution in [0.4, 0.5) is 0 Å². The number of carbonyl (C=O) groups excluding carboxylic acids is 5. The molecule has 2 aliphatic rings. The number of carboxylic acid groups (broad SMARTS) is 1. The number of ketones is 2. The Labute approximate surface area is 340 Å². The summed E-state index contributed by atoms with van der Waals surface area (Å²) in [5.74, 6) is -5.11. The summed E-state index contributed by atoms with van der Waals surface area (Å²) in [4.78, 5) is 82.1. The fourth-order valence-corrected chi connectivity index (χ4v) is 7.74. The molecule has 5 aromatic rings. The molecule has 1 aromatic heterocycles. The van der Waals surface area contributed by atoms with Gasteiger partial charge in [-0.05, 0) is 70.7 Å². The first-order valence-corrected chi connectivity index (χ1v) is 20.0. The highest BCUT2D eigenvalue weighted by atomic mass is 32.1. The molecule has 58 heavy (non-hydrogen) atoms. The summed E-state index contributed by atoms with van der Waals surface area (Å²) in [6.45, 7) is -0.920. The lowest BCUT2D eigenvalue weighted by Gasteiger charge is -2.26. The summed E-state index contributed by atoms with van der Waals surface area (Å²) in [7, 11) is 0. The Morgan fingerprint density at radius 2 is 1.31 bits per heavy atom. The number of ether oxygens (including phenoxy) is 1. The van der Waals surface area contributed by atoms with Crippen molar-refractivity contribution in [1.82, 2.24) is 16.0 Å². The summed E-state index contributed by atoms with van der Waals surface area (Å²) in [5.41, 5.74) is 4.18. The van der Waals surface area contributed by atoms with Gasteiger partial charge in [0.2, 0.25) is 17.7 Å². The van der Waals surface area contributed by atoms with E-state index in [2.05, 4.69) is 16.0 Å². The van der Waals surface area contributed by atoms with Crippen molar-refractivity contribution in [2.45, 2.75) is 50.6 Å². The number of rotatable bonds is 10. The molecule has 2 bridgehead atoms. The van der Waals surface area contributed by atoms with E-state index in [0.717, 1.165) is 27.1 Å². The molecule has 0 radical (unpaired) electrons. The molecule has 7 rings (SSSR count). The van der Waals surface area contributed by atoms with E-state index in [0.29, 0.717) is 11.3 Å². The quantitative estimate of drug-likeness (QED) is 0.146. The number of hydrogen-bond acceptors (Lipinski definition) is 8. The van der Waals surface area contributed by atoms with Crippen molar-refractivity contribution in [3.63, 3.8) is 0 Å². The molecule has 4 atom stereocenters. The van der Waals surface area contributed by atoms with Gasteiger partial charge in [-0.3, -0.25) is 28.8 Å². The number of hydrogen-bond donors (Lipinski definition) is 4. The molecule has 4 N–H and O–H groups in total. The first kappa shape index (κ1) is 41.2. The Kier molecular flexibility index (Phi) is 14.3. The summed E-state index contributed by atoms with van der Waals surface area (Å²) >= 11 is 1.47. The fraction of sp³-hybridized carbons (Fsp3) is 0.261. The van der Waals surface area contributed by atoms with Crippen molar-refractivity contribution in [3.05, 3.63) is 148 Å². The minimum absolute atomic E-state index is 0.0792. The van der Waals surface area contributed by atoms with Gasteiger partial charge < -0.3 is 25.8 Å². The molecule has 3 amide bonds. The lowest BCUT2D eigenvalue weighted by molar-refractivity contribution is -0.139. The molecular formula is C46H45N3O8S. The maximum Gasteiger partial charge on any atom is 0.322 e. The van der Waals surface area contributed by atoms with E-state index < -0.39 is 59.9 Å². The van der Waals surface area contributed by atoms with Crippen LogP contribution in [0.2, 0.25) is 0 Å². The smallest absolute Gasteiger partial charge is 0.322 e. The Hall–Kier alpha value is -6.40. The molecule has 0 aliphatic carbocycles. The molecule has 298 valence electrons. The van der Waals surface area contributed by atoms with E-state index in [1.807, 2.05) is 102 Å². The lowest BCUT2D eigenvalue weighted by atomic mass is 9.89. The zero-order valence-corrected chi connectivity index (χ0v) is 32.6. The Morgan fingerprint density at radius 3 is 1.98 bits per heavy atom. The molecule has 11 nitrogen and oxygen atoms in total. The van der Waals surface area contributed by atoms with Gasteiger partial charge in [0.15, 0.2) is 11.6 Å². The number of benzene rings is 4. The SMILES string of the molecule is O=C(O)CNC(=O)[C@H]1CC(=O)[C@H](Cc2ccccc2)NC(=O)[C@@H](Cc2ccc(-c3ccccc3)cc2)NC(=O)[C@H](Cc2cccs2)CC(=O)COc2ccc(cc2)C1. The van der Waals surface area contributed by atoms with Crippen LogP contribution >= 0.6 is 11.3 Å². The number of carboxylic acids is 1. The van der Waals surface area contributed by atoms with E-state index in [1.165, 1.54) is 11.3 Å². The second-order valence-corrected chi connectivity index (χ2v) is 15.5. The van der Waals surface area contributed by atoms with Gasteiger partial charge in [-0.15, -0.1) is 11.3 Å². The van der Waals surface area contributed by atoms with Gasteiger partial charge in [0.05, 0.1) is 6.04 Å². The molecular weight excluding hydrogens is 755 g/mol. The van der Waals surface area contributed by atoms with Gasteiger partial charge in [0.1, 0.15) is 24.9 Å². The molecule has 4 aromatic carbocycles. The number of nitrogens with one attached hydrogen (secondary N) is 3. The van der Waals surface area contributed by atoms with Crippen molar-refractivity contribution in [3.8, 4) is 16.9 Å². The number of carbonyl (C=O) groups is 6. The van der Waals surface area contributed by atoms with Crippen LogP contribution in [0.25, 0.3) is 11.1 Å². The third-order valence-electron chi connectivity index (χ3n) is 10.0. The van der Waals surface area contributed by atoms with E-state index in [1.54, 1.807) is 24.3 Å². The highest BCUT2D eigenvalue weighted by Crippen LogP contribution is 2.23. The minimum atomic E-state index is -1.23. The molecule has 12 heteroatoms. The van der Waals surface area contributed by atoms with E-state index >= 15 is 0 Å². The first-order valence-electron chi connectivity index (χ1n) is 19.2. The maximum atomic E-state index is 14.5. The van der Waals surface area contributed by atoms with Gasteiger partial charge >= 0.3 is 5.97 Å². The molecule has 0 saturated heterocycles. The Morgan fingerprint density at radius 1 is 0.672 bits per heavy atom. The molecule has 3 heterocycles. The van der Waals surface area contributed by atoms with Crippen molar-refractivity contribution < 1.29 is 38.6 Å². The first-order chi connectivity index (χ1) is 28.1. The molecule has 0 fully saturated rings. The van der Waals surface area contributed by atoms with E-state index in [-0.39, 0.29) is 50.9 Å². The van der Waals surface area contributed by atoms with Gasteiger partial charge in [0.25, 0.3) is 0 Å². The summed E-state index contributed by atoms with van der Waals surface area (Å²) in [5, 5.41) is 19.4. The van der Waals surface area contributed by atoms with Gasteiger partial charge in [-0.2, -0.15) is 0 Å². The zero-order valence-electron chi connectivity index (χ0n) is 31.8. The van der Waals surface area contributed by atoms with Crippen molar-refractivity contribution >= 4 is 46.6 Å². The van der Waals surface area contributed by atoms with Crippen LogP contribution in [0.1, 0.15) is 34.4 Å². The van der Waals surface area contributed by atoms with Crippen LogP contribution in [0.5, 0.6) is 5.75 Å². The topological polar surface area (TPSA) is 168 Å². The van der Waals surface area contributed by atoms with E-state index in [4.69, 9.17) is 4.74 Å². The number of amides is 3. The van der Waals surface area contributed by atoms with Crippen LogP contribution in [-0.4, -0.2) is 65.6 Å². The molecule has 0 saturated carbocycles. The normalized spacial score (nSPS) is 19.4. The number of Topliss-reactive ketones (excluding diaryl/α,β-unsaturated/α-hetero) is 2. The molecule has 2 aliphatic heterocycles.